The Balaban J connectivity index is 2.26. The van der Waals surface area contributed by atoms with Gasteiger partial charge in [-0.1, -0.05) is 38.1 Å². The fourth-order valence-corrected chi connectivity index (χ4v) is 5.24. The number of hydrogen-bond acceptors (Lipinski definition) is 5. The van der Waals surface area contributed by atoms with Crippen LogP contribution in [0, 0.1) is 13.8 Å². The molecule has 0 aliphatic rings. The molecule has 2 aromatic carbocycles. The lowest BCUT2D eigenvalue weighted by atomic mass is 10.1. The lowest BCUT2D eigenvalue weighted by Gasteiger charge is -2.31. The summed E-state index contributed by atoms with van der Waals surface area (Å²) in [5.74, 6) is 0.287. The second-order valence-corrected chi connectivity index (χ2v) is 11.2. The van der Waals surface area contributed by atoms with Gasteiger partial charge < -0.3 is 15.0 Å². The summed E-state index contributed by atoms with van der Waals surface area (Å²) < 4.78 is 31.9. The van der Waals surface area contributed by atoms with E-state index in [-0.39, 0.29) is 31.3 Å². The molecule has 2 aromatic rings. The summed E-state index contributed by atoms with van der Waals surface area (Å²) in [6.07, 6.45) is 2.87. The van der Waals surface area contributed by atoms with Crippen LogP contribution in [0.2, 0.25) is 0 Å². The second-order valence-electron chi connectivity index (χ2n) is 9.32. The van der Waals surface area contributed by atoms with Gasteiger partial charge in [-0.25, -0.2) is 8.42 Å². The highest BCUT2D eigenvalue weighted by Crippen LogP contribution is 2.25. The highest BCUT2D eigenvalue weighted by Gasteiger charge is 2.29. The molecule has 0 unspecified atom stereocenters. The Morgan fingerprint density at radius 1 is 1.08 bits per heavy atom. The van der Waals surface area contributed by atoms with Gasteiger partial charge in [-0.15, -0.1) is 0 Å². The van der Waals surface area contributed by atoms with Gasteiger partial charge in [-0.05, 0) is 68.0 Å². The minimum Gasteiger partial charge on any atom is -0.497 e. The van der Waals surface area contributed by atoms with Gasteiger partial charge in [0.15, 0.2) is 0 Å². The lowest BCUT2D eigenvalue weighted by molar-refractivity contribution is -0.141. The first-order chi connectivity index (χ1) is 17.5. The maximum atomic E-state index is 13.5. The van der Waals surface area contributed by atoms with E-state index in [9.17, 15) is 18.0 Å². The molecule has 0 heterocycles. The Hall–Kier alpha value is -3.07. The van der Waals surface area contributed by atoms with Crippen molar-refractivity contribution in [2.24, 2.45) is 0 Å². The van der Waals surface area contributed by atoms with Gasteiger partial charge in [0.25, 0.3) is 0 Å². The summed E-state index contributed by atoms with van der Waals surface area (Å²) in [4.78, 5) is 28.1. The molecule has 0 saturated heterocycles. The number of rotatable bonds is 14. The van der Waals surface area contributed by atoms with E-state index >= 15 is 0 Å². The molecule has 9 heteroatoms. The largest absolute Gasteiger partial charge is 0.497 e. The molecule has 1 N–H and O–H groups in total. The average molecular weight is 532 g/mol. The zero-order chi connectivity index (χ0) is 27.6. The van der Waals surface area contributed by atoms with E-state index in [0.29, 0.717) is 30.8 Å². The SMILES string of the molecule is CCCNC(=O)[C@@H](CC)N(Cc1cccc(OC)c1)C(=O)CCCN(c1cc(C)ccc1C)S(C)(=O)=O. The molecule has 0 saturated carbocycles. The third-order valence-electron chi connectivity index (χ3n) is 6.21. The molecule has 0 fully saturated rings. The molecule has 8 nitrogen and oxygen atoms in total. The van der Waals surface area contributed by atoms with E-state index in [4.69, 9.17) is 4.74 Å². The van der Waals surface area contributed by atoms with Crippen molar-refractivity contribution < 1.29 is 22.7 Å². The normalized spacial score (nSPS) is 12.1. The van der Waals surface area contributed by atoms with Crippen LogP contribution in [0.3, 0.4) is 0 Å². The van der Waals surface area contributed by atoms with Crippen LogP contribution in [0.15, 0.2) is 42.5 Å². The van der Waals surface area contributed by atoms with Crippen molar-refractivity contribution in [1.29, 1.82) is 0 Å². The molecule has 1 atom stereocenters. The summed E-state index contributed by atoms with van der Waals surface area (Å²) in [5, 5.41) is 2.91. The van der Waals surface area contributed by atoms with Gasteiger partial charge in [0.1, 0.15) is 11.8 Å². The van der Waals surface area contributed by atoms with Crippen molar-refractivity contribution in [3.63, 3.8) is 0 Å². The highest BCUT2D eigenvalue weighted by atomic mass is 32.2. The maximum absolute atomic E-state index is 13.5. The van der Waals surface area contributed by atoms with Gasteiger partial charge in [0, 0.05) is 26.1 Å². The first-order valence-corrected chi connectivity index (χ1v) is 14.6. The topological polar surface area (TPSA) is 96.0 Å². The van der Waals surface area contributed by atoms with E-state index in [1.54, 1.807) is 12.0 Å². The van der Waals surface area contributed by atoms with Crippen LogP contribution in [0.1, 0.15) is 56.2 Å². The molecule has 204 valence electrons. The molecule has 0 aromatic heterocycles. The zero-order valence-corrected chi connectivity index (χ0v) is 23.7. The van der Waals surface area contributed by atoms with Crippen molar-refractivity contribution in [3.05, 3.63) is 59.2 Å². The van der Waals surface area contributed by atoms with E-state index in [1.807, 2.05) is 70.2 Å². The van der Waals surface area contributed by atoms with Crippen molar-refractivity contribution in [1.82, 2.24) is 10.2 Å². The molecular formula is C28H41N3O5S. The predicted molar refractivity (Wildman–Crippen MR) is 148 cm³/mol. The number of nitrogens with zero attached hydrogens (tertiary/aromatic N) is 2. The molecule has 0 aliphatic heterocycles. The number of amides is 2. The fourth-order valence-electron chi connectivity index (χ4n) is 4.22. The van der Waals surface area contributed by atoms with E-state index in [2.05, 4.69) is 5.32 Å². The van der Waals surface area contributed by atoms with Crippen molar-refractivity contribution in [2.75, 3.05) is 30.8 Å². The number of nitrogens with one attached hydrogen (secondary N) is 1. The molecule has 0 aliphatic carbocycles. The second kappa shape index (κ2) is 14.0. The van der Waals surface area contributed by atoms with Crippen LogP contribution in [-0.2, 0) is 26.2 Å². The smallest absolute Gasteiger partial charge is 0.242 e. The van der Waals surface area contributed by atoms with Crippen LogP contribution in [0.4, 0.5) is 5.69 Å². The standard InChI is InChI=1S/C28H41N3O5S/c1-7-16-29-28(33)25(8-2)30(20-23-11-9-12-24(19-23)36-5)27(32)13-10-17-31(37(6,34)35)26-18-21(3)14-15-22(26)4/h9,11-12,14-15,18-19,25H,7-8,10,13,16-17,20H2,1-6H3,(H,29,33)/t25-/m1/s1. The molecule has 2 amide bonds. The van der Waals surface area contributed by atoms with Crippen LogP contribution >= 0.6 is 0 Å². The number of hydrogen-bond donors (Lipinski definition) is 1. The van der Waals surface area contributed by atoms with Crippen molar-refractivity contribution in [2.45, 2.75) is 66.0 Å². The van der Waals surface area contributed by atoms with Gasteiger partial charge in [0.05, 0.1) is 19.1 Å². The van der Waals surface area contributed by atoms with Crippen LogP contribution in [0.5, 0.6) is 5.75 Å². The lowest BCUT2D eigenvalue weighted by Crippen LogP contribution is -2.49. The van der Waals surface area contributed by atoms with E-state index in [1.165, 1.54) is 10.6 Å². The third-order valence-corrected chi connectivity index (χ3v) is 7.39. The zero-order valence-electron chi connectivity index (χ0n) is 22.9. The van der Waals surface area contributed by atoms with E-state index < -0.39 is 16.1 Å². The van der Waals surface area contributed by atoms with Gasteiger partial charge in [-0.3, -0.25) is 13.9 Å². The minimum absolute atomic E-state index is 0.110. The fraction of sp³-hybridized carbons (Fsp3) is 0.500. The Kier molecular flexibility index (Phi) is 11.4. The molecule has 2 rings (SSSR count). The summed E-state index contributed by atoms with van der Waals surface area (Å²) in [7, 11) is -1.96. The number of aryl methyl sites for hydroxylation is 2. The van der Waals surface area contributed by atoms with Crippen LogP contribution in [-0.4, -0.2) is 57.6 Å². The summed E-state index contributed by atoms with van der Waals surface area (Å²) >= 11 is 0. The maximum Gasteiger partial charge on any atom is 0.242 e. The third kappa shape index (κ3) is 8.77. The number of carbonyl (C=O) groups excluding carboxylic acids is 2. The first kappa shape index (κ1) is 30.2. The van der Waals surface area contributed by atoms with Crippen LogP contribution in [0.25, 0.3) is 0 Å². The summed E-state index contributed by atoms with van der Waals surface area (Å²) in [5.41, 5.74) is 3.27. The van der Waals surface area contributed by atoms with Crippen LogP contribution < -0.4 is 14.4 Å². The van der Waals surface area contributed by atoms with Gasteiger partial charge >= 0.3 is 0 Å². The molecular weight excluding hydrogens is 490 g/mol. The molecule has 37 heavy (non-hydrogen) atoms. The van der Waals surface area contributed by atoms with Crippen molar-refractivity contribution >= 4 is 27.5 Å². The molecule has 0 bridgehead atoms. The number of benzene rings is 2. The highest BCUT2D eigenvalue weighted by molar-refractivity contribution is 7.92. The minimum atomic E-state index is -3.55. The number of sulfonamides is 1. The average Bonchev–Trinajstić information content (AvgIpc) is 2.86. The number of ether oxygens (including phenoxy) is 1. The number of anilines is 1. The van der Waals surface area contributed by atoms with Gasteiger partial charge in [-0.2, -0.15) is 0 Å². The summed E-state index contributed by atoms with van der Waals surface area (Å²) in [6.45, 7) is 8.60. The predicted octanol–water partition coefficient (Wildman–Crippen LogP) is 4.19. The monoisotopic (exact) mass is 531 g/mol. The van der Waals surface area contributed by atoms with Crippen molar-refractivity contribution in [3.8, 4) is 5.75 Å². The first-order valence-electron chi connectivity index (χ1n) is 12.8. The Morgan fingerprint density at radius 2 is 1.81 bits per heavy atom. The summed E-state index contributed by atoms with van der Waals surface area (Å²) in [6, 6.07) is 12.5. The Morgan fingerprint density at radius 3 is 2.43 bits per heavy atom. The quantitative estimate of drug-likeness (QED) is 0.394. The molecule has 0 spiro atoms. The van der Waals surface area contributed by atoms with Gasteiger partial charge in [0.2, 0.25) is 21.8 Å². The number of carbonyl (C=O) groups is 2. The Labute approximate surface area is 222 Å². The van der Waals surface area contributed by atoms with E-state index in [0.717, 1.165) is 23.1 Å². The Bertz CT molecular complexity index is 1170. The number of methoxy groups -OCH3 is 1. The molecule has 0 radical (unpaired) electrons.